The topological polar surface area (TPSA) is 60.3 Å². The van der Waals surface area contributed by atoms with Gasteiger partial charge in [0.2, 0.25) is 5.91 Å². The van der Waals surface area contributed by atoms with Crippen molar-refractivity contribution in [1.29, 1.82) is 0 Å². The fourth-order valence-corrected chi connectivity index (χ4v) is 3.67. The molecule has 0 saturated carbocycles. The number of aromatic nitrogens is 1. The van der Waals surface area contributed by atoms with Gasteiger partial charge in [-0.15, -0.1) is 0 Å². The van der Waals surface area contributed by atoms with Crippen LogP contribution in [0.3, 0.4) is 0 Å². The number of ether oxygens (including phenoxy) is 1. The Labute approximate surface area is 168 Å². The number of nitrogens with zero attached hydrogens (tertiary/aromatic N) is 1. The molecule has 0 bridgehead atoms. The highest BCUT2D eigenvalue weighted by Gasteiger charge is 2.13. The fraction of sp³-hybridized carbons (Fsp3) is 0.167. The van der Waals surface area contributed by atoms with E-state index in [1.54, 1.807) is 19.2 Å². The molecule has 5 heteroatoms. The Morgan fingerprint density at radius 2 is 1.41 bits per heavy atom. The van der Waals surface area contributed by atoms with Crippen LogP contribution in [0.1, 0.15) is 11.1 Å². The number of hydrogen-bond donors (Lipinski definition) is 1. The molecular weight excluding hydrogens is 364 g/mol. The third kappa shape index (κ3) is 3.77. The first kappa shape index (κ1) is 18.9. The lowest BCUT2D eigenvalue weighted by atomic mass is 10.1. The number of methoxy groups -OCH3 is 1. The first-order valence-electron chi connectivity index (χ1n) is 9.51. The van der Waals surface area contributed by atoms with E-state index in [1.165, 1.54) is 0 Å². The molecule has 0 fully saturated rings. The van der Waals surface area contributed by atoms with Crippen LogP contribution in [0.25, 0.3) is 21.8 Å². The molecule has 1 heterocycles. The minimum absolute atomic E-state index is 0.0126. The van der Waals surface area contributed by atoms with E-state index in [4.69, 9.17) is 4.74 Å². The van der Waals surface area contributed by atoms with Crippen LogP contribution in [0.2, 0.25) is 0 Å². The van der Waals surface area contributed by atoms with Gasteiger partial charge >= 0.3 is 0 Å². The number of pyridine rings is 1. The number of nitrogens with one attached hydrogen (secondary N) is 1. The van der Waals surface area contributed by atoms with Gasteiger partial charge in [-0.2, -0.15) is 0 Å². The Morgan fingerprint density at radius 3 is 2.03 bits per heavy atom. The molecule has 3 aromatic carbocycles. The molecule has 0 saturated heterocycles. The molecule has 1 aromatic heterocycles. The average Bonchev–Trinajstić information content (AvgIpc) is 2.76. The van der Waals surface area contributed by atoms with Crippen LogP contribution >= 0.6 is 0 Å². The normalized spacial score (nSPS) is 11.1. The monoisotopic (exact) mass is 386 g/mol. The van der Waals surface area contributed by atoms with Crippen LogP contribution in [0.15, 0.2) is 77.6 Å². The molecular formula is C24H22N2O3. The maximum atomic E-state index is 12.8. The van der Waals surface area contributed by atoms with E-state index in [0.29, 0.717) is 23.9 Å². The van der Waals surface area contributed by atoms with Crippen molar-refractivity contribution in [2.75, 3.05) is 7.11 Å². The van der Waals surface area contributed by atoms with Gasteiger partial charge in [-0.05, 0) is 35.4 Å². The summed E-state index contributed by atoms with van der Waals surface area (Å²) in [4.78, 5) is 25.6. The molecule has 4 aromatic rings. The summed E-state index contributed by atoms with van der Waals surface area (Å²) in [5.41, 5.74) is 3.57. The Kier molecular flexibility index (Phi) is 5.40. The first-order chi connectivity index (χ1) is 14.2. The summed E-state index contributed by atoms with van der Waals surface area (Å²) in [7, 11) is 1.65. The highest BCUT2D eigenvalue weighted by Crippen LogP contribution is 2.19. The summed E-state index contributed by atoms with van der Waals surface area (Å²) >= 11 is 0. The SMILES string of the molecule is COCc1ccccc1CNC(=O)Cn1c2ccccc2c(=O)c2ccccc21. The van der Waals surface area contributed by atoms with Crippen molar-refractivity contribution in [3.63, 3.8) is 0 Å². The molecule has 1 N–H and O–H groups in total. The minimum Gasteiger partial charge on any atom is -0.380 e. The van der Waals surface area contributed by atoms with Gasteiger partial charge in [0, 0.05) is 24.4 Å². The van der Waals surface area contributed by atoms with Crippen LogP contribution < -0.4 is 10.7 Å². The zero-order valence-corrected chi connectivity index (χ0v) is 16.2. The molecule has 4 rings (SSSR count). The van der Waals surface area contributed by atoms with E-state index in [9.17, 15) is 9.59 Å². The van der Waals surface area contributed by atoms with Crippen LogP contribution in [-0.4, -0.2) is 17.6 Å². The summed E-state index contributed by atoms with van der Waals surface area (Å²) in [5, 5.41) is 4.23. The number of carbonyl (C=O) groups is 1. The van der Waals surface area contributed by atoms with Crippen LogP contribution in [-0.2, 0) is 29.2 Å². The maximum absolute atomic E-state index is 12.8. The van der Waals surface area contributed by atoms with Gasteiger partial charge < -0.3 is 14.6 Å². The quantitative estimate of drug-likeness (QED) is 0.515. The third-order valence-electron chi connectivity index (χ3n) is 5.07. The van der Waals surface area contributed by atoms with Gasteiger partial charge in [0.25, 0.3) is 0 Å². The maximum Gasteiger partial charge on any atom is 0.240 e. The van der Waals surface area contributed by atoms with E-state index in [-0.39, 0.29) is 17.9 Å². The summed E-state index contributed by atoms with van der Waals surface area (Å²) in [6.45, 7) is 1.06. The number of carbonyl (C=O) groups excluding carboxylic acids is 1. The largest absolute Gasteiger partial charge is 0.380 e. The zero-order chi connectivity index (χ0) is 20.2. The smallest absolute Gasteiger partial charge is 0.240 e. The van der Waals surface area contributed by atoms with Crippen LogP contribution in [0.4, 0.5) is 0 Å². The average molecular weight is 386 g/mol. The van der Waals surface area contributed by atoms with Crippen molar-refractivity contribution in [3.05, 3.63) is 94.1 Å². The zero-order valence-electron chi connectivity index (χ0n) is 16.2. The number of rotatable bonds is 6. The highest BCUT2D eigenvalue weighted by molar-refractivity contribution is 5.94. The number of benzene rings is 3. The Bertz CT molecular complexity index is 1180. The Morgan fingerprint density at radius 1 is 0.862 bits per heavy atom. The number of amides is 1. The standard InChI is InChI=1S/C24H22N2O3/c1-29-16-18-9-3-2-8-17(18)14-25-23(27)15-26-21-12-6-4-10-19(21)24(28)20-11-5-7-13-22(20)26/h2-13H,14-16H2,1H3,(H,25,27). The van der Waals surface area contributed by atoms with Crippen LogP contribution in [0, 0.1) is 0 Å². The van der Waals surface area contributed by atoms with Gasteiger partial charge in [-0.25, -0.2) is 0 Å². The van der Waals surface area contributed by atoms with Crippen LogP contribution in [0.5, 0.6) is 0 Å². The van der Waals surface area contributed by atoms with E-state index < -0.39 is 0 Å². The molecule has 5 nitrogen and oxygen atoms in total. The Balaban J connectivity index is 1.65. The van der Waals surface area contributed by atoms with Crippen molar-refractivity contribution in [2.24, 2.45) is 0 Å². The van der Waals surface area contributed by atoms with Crippen molar-refractivity contribution in [2.45, 2.75) is 19.7 Å². The molecule has 1 amide bonds. The fourth-order valence-electron chi connectivity index (χ4n) is 3.67. The summed E-state index contributed by atoms with van der Waals surface area (Å²) in [6, 6.07) is 22.7. The lowest BCUT2D eigenvalue weighted by molar-refractivity contribution is -0.121. The summed E-state index contributed by atoms with van der Waals surface area (Å²) < 4.78 is 7.14. The second-order valence-corrected chi connectivity index (χ2v) is 6.93. The molecule has 0 spiro atoms. The van der Waals surface area contributed by atoms with Gasteiger partial charge in [-0.3, -0.25) is 9.59 Å². The molecule has 0 atom stereocenters. The molecule has 0 aliphatic rings. The van der Waals surface area contributed by atoms with E-state index in [2.05, 4.69) is 5.32 Å². The van der Waals surface area contributed by atoms with Crippen molar-refractivity contribution in [1.82, 2.24) is 9.88 Å². The van der Waals surface area contributed by atoms with Crippen molar-refractivity contribution < 1.29 is 9.53 Å². The molecule has 0 aliphatic carbocycles. The van der Waals surface area contributed by atoms with E-state index in [0.717, 1.165) is 22.2 Å². The highest BCUT2D eigenvalue weighted by atomic mass is 16.5. The lowest BCUT2D eigenvalue weighted by Crippen LogP contribution is -2.28. The molecule has 29 heavy (non-hydrogen) atoms. The van der Waals surface area contributed by atoms with Gasteiger partial charge in [0.15, 0.2) is 5.43 Å². The van der Waals surface area contributed by atoms with Gasteiger partial charge in [0.05, 0.1) is 17.6 Å². The van der Waals surface area contributed by atoms with Crippen molar-refractivity contribution in [3.8, 4) is 0 Å². The van der Waals surface area contributed by atoms with E-state index >= 15 is 0 Å². The first-order valence-corrected chi connectivity index (χ1v) is 9.51. The molecule has 0 radical (unpaired) electrons. The number of para-hydroxylation sites is 2. The molecule has 0 aliphatic heterocycles. The second kappa shape index (κ2) is 8.29. The molecule has 0 unspecified atom stereocenters. The third-order valence-corrected chi connectivity index (χ3v) is 5.07. The second-order valence-electron chi connectivity index (χ2n) is 6.93. The summed E-state index contributed by atoms with van der Waals surface area (Å²) in [5.74, 6) is -0.115. The minimum atomic E-state index is -0.115. The number of fused-ring (bicyclic) bond motifs is 2. The van der Waals surface area contributed by atoms with E-state index in [1.807, 2.05) is 65.2 Å². The number of hydrogen-bond acceptors (Lipinski definition) is 3. The lowest BCUT2D eigenvalue weighted by Gasteiger charge is -2.15. The predicted octanol–water partition coefficient (Wildman–Crippen LogP) is 3.62. The van der Waals surface area contributed by atoms with Crippen molar-refractivity contribution >= 4 is 27.7 Å². The predicted molar refractivity (Wildman–Crippen MR) is 115 cm³/mol. The Hall–Kier alpha value is -3.44. The van der Waals surface area contributed by atoms with Gasteiger partial charge in [0.1, 0.15) is 6.54 Å². The summed E-state index contributed by atoms with van der Waals surface area (Å²) in [6.07, 6.45) is 0. The van der Waals surface area contributed by atoms with Gasteiger partial charge in [-0.1, -0.05) is 48.5 Å². The molecule has 146 valence electrons.